The number of carbonyl (C=O) groups is 1. The van der Waals surface area contributed by atoms with Crippen LogP contribution in [0.2, 0.25) is 0 Å². The van der Waals surface area contributed by atoms with Gasteiger partial charge in [-0.1, -0.05) is 0 Å². The summed E-state index contributed by atoms with van der Waals surface area (Å²) in [6, 6.07) is 0.0503. The monoisotopic (exact) mass is 206 g/mol. The van der Waals surface area contributed by atoms with Gasteiger partial charge in [-0.15, -0.1) is 0 Å². The van der Waals surface area contributed by atoms with Gasteiger partial charge in [0.15, 0.2) is 0 Å². The zero-order chi connectivity index (χ0) is 9.64. The molecular formula is C6H10N2O4S. The fourth-order valence-electron chi connectivity index (χ4n) is 1.47. The van der Waals surface area contributed by atoms with Gasteiger partial charge in [-0.05, 0) is 12.8 Å². The highest BCUT2D eigenvalue weighted by Gasteiger charge is 2.46. The fraction of sp³-hybridized carbons (Fsp3) is 0.833. The van der Waals surface area contributed by atoms with E-state index in [0.717, 1.165) is 12.8 Å². The number of hydrogen-bond donors (Lipinski definition) is 1. The fourth-order valence-corrected chi connectivity index (χ4v) is 3.14. The van der Waals surface area contributed by atoms with E-state index < -0.39 is 16.3 Å². The van der Waals surface area contributed by atoms with Gasteiger partial charge in [-0.25, -0.2) is 4.79 Å². The molecule has 13 heavy (non-hydrogen) atoms. The van der Waals surface area contributed by atoms with Gasteiger partial charge >= 0.3 is 16.3 Å². The van der Waals surface area contributed by atoms with Gasteiger partial charge in [-0.3, -0.25) is 0 Å². The van der Waals surface area contributed by atoms with Gasteiger partial charge in [0.2, 0.25) is 0 Å². The molecule has 0 aromatic rings. The molecule has 1 amide bonds. The molecule has 0 aromatic carbocycles. The average Bonchev–Trinajstić information content (AvgIpc) is 2.75. The molecule has 1 aliphatic carbocycles. The predicted molar refractivity (Wildman–Crippen MR) is 43.4 cm³/mol. The van der Waals surface area contributed by atoms with E-state index in [2.05, 4.69) is 0 Å². The van der Waals surface area contributed by atoms with Gasteiger partial charge in [0, 0.05) is 12.6 Å². The van der Waals surface area contributed by atoms with Gasteiger partial charge in [-0.2, -0.15) is 17.0 Å². The van der Waals surface area contributed by atoms with E-state index in [-0.39, 0.29) is 12.6 Å². The van der Waals surface area contributed by atoms with E-state index >= 15 is 0 Å². The zero-order valence-electron chi connectivity index (χ0n) is 6.88. The van der Waals surface area contributed by atoms with E-state index in [4.69, 9.17) is 5.11 Å². The third kappa shape index (κ3) is 1.28. The summed E-state index contributed by atoms with van der Waals surface area (Å²) in [6.45, 7) is 0.369. The minimum absolute atomic E-state index is 0.0503. The quantitative estimate of drug-likeness (QED) is 0.638. The van der Waals surface area contributed by atoms with E-state index in [1.54, 1.807) is 0 Å². The molecule has 7 heteroatoms. The maximum Gasteiger partial charge on any atom is 0.422 e. The lowest BCUT2D eigenvalue weighted by Crippen LogP contribution is -2.37. The molecule has 0 bridgehead atoms. The Labute approximate surface area is 75.9 Å². The van der Waals surface area contributed by atoms with Gasteiger partial charge < -0.3 is 5.11 Å². The topological polar surface area (TPSA) is 77.9 Å². The summed E-state index contributed by atoms with van der Waals surface area (Å²) in [6.07, 6.45) is 0.322. The molecule has 0 aromatic heterocycles. The molecule has 1 saturated heterocycles. The van der Waals surface area contributed by atoms with Crippen LogP contribution in [0.25, 0.3) is 0 Å². The number of nitrogens with zero attached hydrogens (tertiary/aromatic N) is 2. The summed E-state index contributed by atoms with van der Waals surface area (Å²) >= 11 is 0. The summed E-state index contributed by atoms with van der Waals surface area (Å²) in [5, 5.41) is 8.59. The summed E-state index contributed by atoms with van der Waals surface area (Å²) in [5.74, 6) is 0. The second-order valence-electron chi connectivity index (χ2n) is 3.20. The van der Waals surface area contributed by atoms with Crippen LogP contribution in [-0.4, -0.2) is 47.4 Å². The lowest BCUT2D eigenvalue weighted by molar-refractivity contribution is 0.175. The first-order valence-electron chi connectivity index (χ1n) is 4.06. The lowest BCUT2D eigenvalue weighted by atomic mass is 10.6. The van der Waals surface area contributed by atoms with Crippen LogP contribution < -0.4 is 0 Å². The molecule has 0 radical (unpaired) electrons. The first kappa shape index (κ1) is 8.76. The number of rotatable bonds is 1. The molecule has 74 valence electrons. The Bertz CT molecular complexity index is 335. The average molecular weight is 206 g/mol. The van der Waals surface area contributed by atoms with Crippen molar-refractivity contribution in [3.8, 4) is 0 Å². The Morgan fingerprint density at radius 2 is 1.92 bits per heavy atom. The van der Waals surface area contributed by atoms with Gasteiger partial charge in [0.05, 0.1) is 6.54 Å². The van der Waals surface area contributed by atoms with Crippen LogP contribution >= 0.6 is 0 Å². The van der Waals surface area contributed by atoms with Crippen molar-refractivity contribution >= 4 is 16.3 Å². The molecule has 2 rings (SSSR count). The van der Waals surface area contributed by atoms with Crippen LogP contribution in [0.5, 0.6) is 0 Å². The first-order chi connectivity index (χ1) is 6.03. The minimum atomic E-state index is -3.70. The van der Waals surface area contributed by atoms with Crippen LogP contribution in [0, 0.1) is 0 Å². The van der Waals surface area contributed by atoms with Gasteiger partial charge in [0.25, 0.3) is 0 Å². The summed E-state index contributed by atoms with van der Waals surface area (Å²) < 4.78 is 24.8. The SMILES string of the molecule is O=C(O)N1CCN(C2CC2)S1(=O)=O. The molecule has 6 nitrogen and oxygen atoms in total. The maximum absolute atomic E-state index is 11.5. The summed E-state index contributed by atoms with van der Waals surface area (Å²) in [5.41, 5.74) is 0. The highest BCUT2D eigenvalue weighted by molar-refractivity contribution is 7.87. The van der Waals surface area contributed by atoms with Gasteiger partial charge in [0.1, 0.15) is 0 Å². The van der Waals surface area contributed by atoms with E-state index in [1.165, 1.54) is 4.31 Å². The highest BCUT2D eigenvalue weighted by Crippen LogP contribution is 2.32. The highest BCUT2D eigenvalue weighted by atomic mass is 32.2. The van der Waals surface area contributed by atoms with Crippen molar-refractivity contribution in [2.75, 3.05) is 13.1 Å². The minimum Gasteiger partial charge on any atom is -0.464 e. The van der Waals surface area contributed by atoms with Crippen LogP contribution in [0.15, 0.2) is 0 Å². The van der Waals surface area contributed by atoms with Crippen molar-refractivity contribution in [2.45, 2.75) is 18.9 Å². The Balaban J connectivity index is 2.25. The van der Waals surface area contributed by atoms with Crippen molar-refractivity contribution in [1.29, 1.82) is 0 Å². The zero-order valence-corrected chi connectivity index (χ0v) is 7.70. The summed E-state index contributed by atoms with van der Waals surface area (Å²) in [4.78, 5) is 10.5. The number of carboxylic acid groups (broad SMARTS) is 1. The van der Waals surface area contributed by atoms with Crippen molar-refractivity contribution in [3.05, 3.63) is 0 Å². The smallest absolute Gasteiger partial charge is 0.422 e. The Morgan fingerprint density at radius 3 is 2.31 bits per heavy atom. The Kier molecular flexibility index (Phi) is 1.74. The lowest BCUT2D eigenvalue weighted by Gasteiger charge is -2.15. The standard InChI is InChI=1S/C6H10N2O4S/c9-6(10)8-4-3-7(5-1-2-5)13(8,11)12/h5H,1-4H2,(H,9,10). The van der Waals surface area contributed by atoms with Crippen LogP contribution in [0.1, 0.15) is 12.8 Å². The maximum atomic E-state index is 11.5. The summed E-state index contributed by atoms with van der Waals surface area (Å²) in [7, 11) is -3.70. The van der Waals surface area contributed by atoms with Crippen LogP contribution in [-0.2, 0) is 10.2 Å². The van der Waals surface area contributed by atoms with Crippen molar-refractivity contribution in [2.24, 2.45) is 0 Å². The second kappa shape index (κ2) is 2.58. The molecule has 1 aliphatic heterocycles. The third-order valence-electron chi connectivity index (χ3n) is 2.27. The Morgan fingerprint density at radius 1 is 1.31 bits per heavy atom. The second-order valence-corrected chi connectivity index (χ2v) is 5.01. The molecule has 0 atom stereocenters. The molecule has 2 aliphatic rings. The van der Waals surface area contributed by atoms with Crippen LogP contribution in [0.4, 0.5) is 4.79 Å². The predicted octanol–water partition coefficient (Wildman–Crippen LogP) is -0.311. The van der Waals surface area contributed by atoms with Crippen molar-refractivity contribution in [3.63, 3.8) is 0 Å². The van der Waals surface area contributed by atoms with Crippen LogP contribution in [0.3, 0.4) is 0 Å². The molecule has 0 spiro atoms. The van der Waals surface area contributed by atoms with E-state index in [0.29, 0.717) is 10.8 Å². The molecule has 1 N–H and O–H groups in total. The first-order valence-corrected chi connectivity index (χ1v) is 5.45. The normalized spacial score (nSPS) is 27.8. The number of hydrogen-bond acceptors (Lipinski definition) is 3. The van der Waals surface area contributed by atoms with E-state index in [9.17, 15) is 13.2 Å². The Hall–Kier alpha value is -0.820. The molecule has 0 unspecified atom stereocenters. The van der Waals surface area contributed by atoms with E-state index in [1.807, 2.05) is 0 Å². The molecule has 1 heterocycles. The third-order valence-corrected chi connectivity index (χ3v) is 4.24. The molecule has 2 fully saturated rings. The number of amides is 1. The van der Waals surface area contributed by atoms with Crippen molar-refractivity contribution in [1.82, 2.24) is 8.61 Å². The van der Waals surface area contributed by atoms with Crippen molar-refractivity contribution < 1.29 is 18.3 Å². The largest absolute Gasteiger partial charge is 0.464 e. The molecular weight excluding hydrogens is 196 g/mol. The molecule has 1 saturated carbocycles.